The first-order valence-electron chi connectivity index (χ1n) is 8.39. The van der Waals surface area contributed by atoms with Gasteiger partial charge in [-0.25, -0.2) is 0 Å². The van der Waals surface area contributed by atoms with Crippen LogP contribution in [0.25, 0.3) is 0 Å². The van der Waals surface area contributed by atoms with E-state index in [2.05, 4.69) is 6.58 Å². The van der Waals surface area contributed by atoms with Crippen LogP contribution in [0, 0.1) is 0 Å². The van der Waals surface area contributed by atoms with Gasteiger partial charge >= 0.3 is 0 Å². The third kappa shape index (κ3) is 5.77. The third-order valence-electron chi connectivity index (χ3n) is 3.82. The normalized spacial score (nSPS) is 11.6. The molecule has 0 saturated heterocycles. The predicted octanol–water partition coefficient (Wildman–Crippen LogP) is 3.45. The van der Waals surface area contributed by atoms with Crippen LogP contribution < -0.4 is 0 Å². The van der Waals surface area contributed by atoms with Crippen molar-refractivity contribution < 1.29 is 14.0 Å². The zero-order valence-corrected chi connectivity index (χ0v) is 15.6. The molecule has 0 aliphatic heterocycles. The summed E-state index contributed by atoms with van der Waals surface area (Å²) in [6.45, 7) is 6.19. The monoisotopic (exact) mass is 374 g/mol. The van der Waals surface area contributed by atoms with Gasteiger partial charge in [-0.2, -0.15) is 0 Å². The molecule has 0 bridgehead atoms. The third-order valence-corrected chi connectivity index (χ3v) is 4.01. The van der Waals surface area contributed by atoms with Crippen molar-refractivity contribution in [1.29, 1.82) is 0 Å². The summed E-state index contributed by atoms with van der Waals surface area (Å²) < 4.78 is 5.38. The second-order valence-corrected chi connectivity index (χ2v) is 6.59. The molecular formula is C20H23ClN2O3. The first-order chi connectivity index (χ1) is 12.5. The largest absolute Gasteiger partial charge is 0.467 e. The van der Waals surface area contributed by atoms with Crippen molar-refractivity contribution in [3.05, 3.63) is 72.7 Å². The van der Waals surface area contributed by atoms with Gasteiger partial charge in [0.05, 0.1) is 12.8 Å². The quantitative estimate of drug-likeness (QED) is 0.499. The number of benzene rings is 1. The lowest BCUT2D eigenvalue weighted by Gasteiger charge is -2.27. The van der Waals surface area contributed by atoms with Crippen LogP contribution in [0.15, 0.2) is 65.8 Å². The van der Waals surface area contributed by atoms with Crippen LogP contribution in [-0.2, 0) is 22.7 Å². The van der Waals surface area contributed by atoms with E-state index in [0.29, 0.717) is 18.8 Å². The Morgan fingerprint density at radius 2 is 1.88 bits per heavy atom. The SMILES string of the molecule is C=CCN(CC(=O)N(Cc1ccccc1)Cc1ccco1)C(=O)C(C)Cl. The molecule has 5 nitrogen and oxygen atoms in total. The van der Waals surface area contributed by atoms with Crippen LogP contribution in [0.1, 0.15) is 18.2 Å². The fourth-order valence-electron chi connectivity index (χ4n) is 2.53. The number of hydrogen-bond acceptors (Lipinski definition) is 3. The Hall–Kier alpha value is -2.53. The van der Waals surface area contributed by atoms with E-state index in [1.54, 1.807) is 30.2 Å². The Kier molecular flexibility index (Phi) is 7.48. The molecule has 0 spiro atoms. The molecule has 0 fully saturated rings. The van der Waals surface area contributed by atoms with Crippen LogP contribution in [0.3, 0.4) is 0 Å². The fourth-order valence-corrected chi connectivity index (χ4v) is 2.67. The minimum absolute atomic E-state index is 0.0601. The highest BCUT2D eigenvalue weighted by Crippen LogP contribution is 2.12. The maximum absolute atomic E-state index is 12.9. The van der Waals surface area contributed by atoms with Crippen molar-refractivity contribution in [2.24, 2.45) is 0 Å². The molecule has 1 aromatic heterocycles. The van der Waals surface area contributed by atoms with Crippen LogP contribution >= 0.6 is 11.6 Å². The zero-order chi connectivity index (χ0) is 18.9. The van der Waals surface area contributed by atoms with E-state index in [9.17, 15) is 9.59 Å². The van der Waals surface area contributed by atoms with E-state index in [4.69, 9.17) is 16.0 Å². The molecule has 1 atom stereocenters. The van der Waals surface area contributed by atoms with Crippen LogP contribution in [0.5, 0.6) is 0 Å². The number of rotatable bonds is 9. The van der Waals surface area contributed by atoms with Crippen LogP contribution in [0.2, 0.25) is 0 Å². The molecule has 1 aromatic carbocycles. The van der Waals surface area contributed by atoms with Gasteiger partial charge in [-0.3, -0.25) is 9.59 Å². The minimum atomic E-state index is -0.699. The molecule has 1 heterocycles. The van der Waals surface area contributed by atoms with Crippen molar-refractivity contribution in [2.45, 2.75) is 25.4 Å². The van der Waals surface area contributed by atoms with Gasteiger partial charge in [0.15, 0.2) is 0 Å². The summed E-state index contributed by atoms with van der Waals surface area (Å²) in [5.74, 6) is 0.205. The summed E-state index contributed by atoms with van der Waals surface area (Å²) in [4.78, 5) is 28.2. The predicted molar refractivity (Wildman–Crippen MR) is 101 cm³/mol. The Balaban J connectivity index is 2.15. The van der Waals surface area contributed by atoms with Crippen molar-refractivity contribution in [2.75, 3.05) is 13.1 Å². The molecule has 0 aliphatic carbocycles. The minimum Gasteiger partial charge on any atom is -0.467 e. The van der Waals surface area contributed by atoms with Gasteiger partial charge in [-0.1, -0.05) is 36.4 Å². The van der Waals surface area contributed by atoms with Crippen LogP contribution in [0.4, 0.5) is 0 Å². The molecule has 138 valence electrons. The molecule has 0 radical (unpaired) electrons. The number of alkyl halides is 1. The van der Waals surface area contributed by atoms with E-state index in [1.807, 2.05) is 36.4 Å². The number of nitrogens with zero attached hydrogens (tertiary/aromatic N) is 2. The molecule has 6 heteroatoms. The molecule has 2 amide bonds. The number of amides is 2. The lowest BCUT2D eigenvalue weighted by molar-refractivity contribution is -0.140. The summed E-state index contributed by atoms with van der Waals surface area (Å²) in [5, 5.41) is -0.699. The molecule has 26 heavy (non-hydrogen) atoms. The summed E-state index contributed by atoms with van der Waals surface area (Å²) in [7, 11) is 0. The van der Waals surface area contributed by atoms with Crippen molar-refractivity contribution >= 4 is 23.4 Å². The first kappa shape index (κ1) is 19.8. The second kappa shape index (κ2) is 9.82. The maximum Gasteiger partial charge on any atom is 0.242 e. The standard InChI is InChI=1S/C20H23ClN2O3/c1-3-11-22(20(25)16(2)21)15-19(24)23(14-18-10-7-12-26-18)13-17-8-5-4-6-9-17/h3-10,12,16H,1,11,13-15H2,2H3. The molecule has 0 aliphatic rings. The van der Waals surface area contributed by atoms with E-state index in [1.165, 1.54) is 4.90 Å². The Morgan fingerprint density at radius 3 is 2.46 bits per heavy atom. The highest BCUT2D eigenvalue weighted by molar-refractivity contribution is 6.30. The summed E-state index contributed by atoms with van der Waals surface area (Å²) in [6, 6.07) is 13.3. The molecule has 0 N–H and O–H groups in total. The highest BCUT2D eigenvalue weighted by atomic mass is 35.5. The smallest absolute Gasteiger partial charge is 0.242 e. The molecule has 2 aromatic rings. The average Bonchev–Trinajstić information content (AvgIpc) is 3.14. The zero-order valence-electron chi connectivity index (χ0n) is 14.8. The summed E-state index contributed by atoms with van der Waals surface area (Å²) >= 11 is 5.90. The van der Waals surface area contributed by atoms with Crippen molar-refractivity contribution in [3.8, 4) is 0 Å². The Morgan fingerprint density at radius 1 is 1.15 bits per heavy atom. The molecule has 1 unspecified atom stereocenters. The van der Waals surface area contributed by atoms with Crippen LogP contribution in [-0.4, -0.2) is 40.1 Å². The van der Waals surface area contributed by atoms with E-state index in [-0.39, 0.29) is 24.9 Å². The van der Waals surface area contributed by atoms with Gasteiger partial charge < -0.3 is 14.2 Å². The van der Waals surface area contributed by atoms with E-state index < -0.39 is 5.38 Å². The lowest BCUT2D eigenvalue weighted by Crippen LogP contribution is -2.44. The van der Waals surface area contributed by atoms with Gasteiger partial charge in [-0.05, 0) is 24.6 Å². The number of hydrogen-bond donors (Lipinski definition) is 0. The van der Waals surface area contributed by atoms with E-state index in [0.717, 1.165) is 5.56 Å². The number of carbonyl (C=O) groups excluding carboxylic acids is 2. The molecule has 0 saturated carbocycles. The Labute approximate surface area is 158 Å². The lowest BCUT2D eigenvalue weighted by atomic mass is 10.2. The van der Waals surface area contributed by atoms with E-state index >= 15 is 0 Å². The van der Waals surface area contributed by atoms with Crippen molar-refractivity contribution in [3.63, 3.8) is 0 Å². The first-order valence-corrected chi connectivity index (χ1v) is 8.82. The highest BCUT2D eigenvalue weighted by Gasteiger charge is 2.24. The Bertz CT molecular complexity index is 714. The topological polar surface area (TPSA) is 53.8 Å². The second-order valence-electron chi connectivity index (χ2n) is 5.94. The summed E-state index contributed by atoms with van der Waals surface area (Å²) in [5.41, 5.74) is 1.000. The maximum atomic E-state index is 12.9. The number of furan rings is 1. The number of carbonyl (C=O) groups is 2. The van der Waals surface area contributed by atoms with Gasteiger partial charge in [-0.15, -0.1) is 18.2 Å². The molecule has 2 rings (SSSR count). The van der Waals surface area contributed by atoms with Gasteiger partial charge in [0.2, 0.25) is 11.8 Å². The van der Waals surface area contributed by atoms with Gasteiger partial charge in [0, 0.05) is 13.1 Å². The average molecular weight is 375 g/mol. The molecular weight excluding hydrogens is 352 g/mol. The van der Waals surface area contributed by atoms with Crippen molar-refractivity contribution in [1.82, 2.24) is 9.80 Å². The summed E-state index contributed by atoms with van der Waals surface area (Å²) in [6.07, 6.45) is 3.15. The van der Waals surface area contributed by atoms with Gasteiger partial charge in [0.25, 0.3) is 0 Å². The van der Waals surface area contributed by atoms with Gasteiger partial charge in [0.1, 0.15) is 17.7 Å². The fraction of sp³-hybridized carbons (Fsp3) is 0.300. The number of halogens is 1.